The number of carbonyl (C=O) groups excluding carboxylic acids is 1. The van der Waals surface area contributed by atoms with Crippen molar-refractivity contribution in [3.05, 3.63) is 93.0 Å². The van der Waals surface area contributed by atoms with E-state index in [1.165, 1.54) is 69.5 Å². The van der Waals surface area contributed by atoms with Gasteiger partial charge >= 0.3 is 5.97 Å². The van der Waals surface area contributed by atoms with Gasteiger partial charge in [0.15, 0.2) is 0 Å². The van der Waals surface area contributed by atoms with Gasteiger partial charge in [-0.2, -0.15) is 5.26 Å². The number of carbonyl (C=O) groups is 2. The number of rotatable bonds is 10. The van der Waals surface area contributed by atoms with E-state index in [1.807, 2.05) is 0 Å². The second-order valence-electron chi connectivity index (χ2n) is 14.4. The molecule has 3 atom stereocenters. The Balaban J connectivity index is 0.000000337. The van der Waals surface area contributed by atoms with Crippen molar-refractivity contribution in [1.82, 2.24) is 4.90 Å². The van der Waals surface area contributed by atoms with Crippen molar-refractivity contribution in [2.45, 2.75) is 83.1 Å². The third kappa shape index (κ3) is 8.95. The van der Waals surface area contributed by atoms with Crippen LogP contribution in [0.15, 0.2) is 54.6 Å². The average Bonchev–Trinajstić information content (AvgIpc) is 3.37. The van der Waals surface area contributed by atoms with Gasteiger partial charge in [0.1, 0.15) is 28.4 Å². The van der Waals surface area contributed by atoms with E-state index >= 15 is 8.78 Å². The average molecular weight is 729 g/mol. The van der Waals surface area contributed by atoms with Crippen LogP contribution in [0.2, 0.25) is 10.0 Å². The number of halogens is 4. The molecule has 50 heavy (non-hydrogen) atoms. The smallest absolute Gasteiger partial charge is 0.339 e. The van der Waals surface area contributed by atoms with Crippen LogP contribution in [-0.4, -0.2) is 48.6 Å². The van der Waals surface area contributed by atoms with Crippen LogP contribution in [0.25, 0.3) is 0 Å². The summed E-state index contributed by atoms with van der Waals surface area (Å²) < 4.78 is 36.0. The first-order valence-corrected chi connectivity index (χ1v) is 17.7. The summed E-state index contributed by atoms with van der Waals surface area (Å²) >= 11 is 12.3. The van der Waals surface area contributed by atoms with Crippen molar-refractivity contribution in [3.8, 4) is 11.8 Å². The standard InChI is InChI=1S/C30H36Cl2F2N2.C9H9NO4/c1-29(2,3)17-27-30(19-35,23-13-12-21(31)16-26(23)33)24(22-10-7-11-25(32)28(22)34)18-36(27)15-14-20-8-5-4-6-9-20;1-14-8-4-6(10-5-11)2-3-7(8)9(12)13/h7,10-13,16,20,24,27H,4-6,8-9,14-15,17-18H2,1-3H3;2-5H,1H3,(H,10,11)(H,12,13)/t24?,27?,30-;/m1./s1. The van der Waals surface area contributed by atoms with Gasteiger partial charge in [0.2, 0.25) is 6.41 Å². The SMILES string of the molecule is CC(C)(C)CC1N(CCC2CCCCC2)CC(c2cccc(Cl)c2F)[C@@]1(C#N)c1ccc(Cl)cc1F.COc1cc(NC=O)ccc1C(=O)O. The highest BCUT2D eigenvalue weighted by atomic mass is 35.5. The Labute approximate surface area is 303 Å². The van der Waals surface area contributed by atoms with E-state index in [2.05, 4.69) is 37.1 Å². The summed E-state index contributed by atoms with van der Waals surface area (Å²) in [5.74, 6) is -1.81. The lowest BCUT2D eigenvalue weighted by atomic mass is 9.64. The summed E-state index contributed by atoms with van der Waals surface area (Å²) in [6.07, 6.45) is 8.53. The largest absolute Gasteiger partial charge is 0.496 e. The first kappa shape index (κ1) is 39.1. The molecule has 11 heteroatoms. The van der Waals surface area contributed by atoms with Crippen LogP contribution in [0.3, 0.4) is 0 Å². The van der Waals surface area contributed by atoms with E-state index < -0.39 is 28.9 Å². The zero-order valence-electron chi connectivity index (χ0n) is 28.9. The Hall–Kier alpha value is -3.71. The molecule has 0 bridgehead atoms. The highest BCUT2D eigenvalue weighted by molar-refractivity contribution is 6.31. The van der Waals surface area contributed by atoms with Gasteiger partial charge in [-0.05, 0) is 66.6 Å². The molecule has 0 aromatic heterocycles. The number of aromatic carboxylic acids is 1. The lowest BCUT2D eigenvalue weighted by Crippen LogP contribution is -2.46. The molecule has 2 aliphatic rings. The number of likely N-dealkylation sites (tertiary alicyclic amines) is 1. The van der Waals surface area contributed by atoms with Gasteiger partial charge in [-0.15, -0.1) is 0 Å². The molecule has 3 aromatic carbocycles. The highest BCUT2D eigenvalue weighted by Crippen LogP contribution is 2.53. The van der Waals surface area contributed by atoms with Crippen LogP contribution in [0.1, 0.15) is 93.1 Å². The fraction of sp³-hybridized carbons (Fsp3) is 0.462. The molecule has 1 saturated heterocycles. The second-order valence-corrected chi connectivity index (χ2v) is 15.2. The van der Waals surface area contributed by atoms with Gasteiger partial charge in [0.05, 0.1) is 18.2 Å². The summed E-state index contributed by atoms with van der Waals surface area (Å²) in [5, 5.41) is 22.4. The first-order chi connectivity index (χ1) is 23.7. The van der Waals surface area contributed by atoms with Crippen LogP contribution in [0.5, 0.6) is 5.75 Å². The Morgan fingerprint density at radius 1 is 1.12 bits per heavy atom. The minimum Gasteiger partial charge on any atom is -0.496 e. The molecule has 1 saturated carbocycles. The molecule has 0 radical (unpaired) electrons. The summed E-state index contributed by atoms with van der Waals surface area (Å²) in [6, 6.07) is 16.0. The lowest BCUT2D eigenvalue weighted by Gasteiger charge is -2.40. The number of nitrogens with one attached hydrogen (secondary N) is 1. The molecule has 2 unspecified atom stereocenters. The first-order valence-electron chi connectivity index (χ1n) is 16.9. The third-order valence-corrected chi connectivity index (χ3v) is 10.4. The van der Waals surface area contributed by atoms with E-state index in [4.69, 9.17) is 33.0 Å². The van der Waals surface area contributed by atoms with Crippen LogP contribution >= 0.6 is 23.2 Å². The normalized spacial score (nSPS) is 21.1. The summed E-state index contributed by atoms with van der Waals surface area (Å²) in [6.45, 7) is 7.70. The van der Waals surface area contributed by atoms with E-state index in [1.54, 1.807) is 24.3 Å². The third-order valence-electron chi connectivity index (χ3n) is 9.86. The molecule has 268 valence electrons. The maximum atomic E-state index is 15.6. The molecule has 5 rings (SSSR count). The summed E-state index contributed by atoms with van der Waals surface area (Å²) in [5.41, 5.74) is -0.211. The molecule has 1 aliphatic carbocycles. The molecule has 3 aromatic rings. The molecule has 7 nitrogen and oxygen atoms in total. The van der Waals surface area contributed by atoms with E-state index in [0.29, 0.717) is 36.5 Å². The van der Waals surface area contributed by atoms with Crippen molar-refractivity contribution in [2.75, 3.05) is 25.5 Å². The number of nitrogens with zero attached hydrogens (tertiary/aromatic N) is 2. The van der Waals surface area contributed by atoms with Crippen molar-refractivity contribution in [1.29, 1.82) is 5.26 Å². The number of carboxylic acid groups (broad SMARTS) is 1. The number of methoxy groups -OCH3 is 1. The van der Waals surface area contributed by atoms with Gasteiger partial charge in [-0.3, -0.25) is 9.69 Å². The summed E-state index contributed by atoms with van der Waals surface area (Å²) in [7, 11) is 1.37. The van der Waals surface area contributed by atoms with Crippen LogP contribution in [0.4, 0.5) is 14.5 Å². The molecule has 0 spiro atoms. The van der Waals surface area contributed by atoms with Crippen molar-refractivity contribution in [3.63, 3.8) is 0 Å². The number of amides is 1. The van der Waals surface area contributed by atoms with Crippen molar-refractivity contribution >= 4 is 41.3 Å². The molecule has 1 heterocycles. The Morgan fingerprint density at radius 3 is 2.44 bits per heavy atom. The number of ether oxygens (including phenoxy) is 1. The van der Waals surface area contributed by atoms with Gasteiger partial charge in [0.25, 0.3) is 0 Å². The van der Waals surface area contributed by atoms with Gasteiger partial charge in [0, 0.05) is 40.8 Å². The Kier molecular flexibility index (Phi) is 13.3. The van der Waals surface area contributed by atoms with E-state index in [9.17, 15) is 14.9 Å². The Morgan fingerprint density at radius 2 is 1.84 bits per heavy atom. The number of hydrogen-bond acceptors (Lipinski definition) is 5. The van der Waals surface area contributed by atoms with Crippen LogP contribution < -0.4 is 10.1 Å². The predicted octanol–water partition coefficient (Wildman–Crippen LogP) is 9.87. The molecule has 1 aliphatic heterocycles. The summed E-state index contributed by atoms with van der Waals surface area (Å²) in [4.78, 5) is 23.1. The number of hydrogen-bond donors (Lipinski definition) is 2. The van der Waals surface area contributed by atoms with Gasteiger partial charge in [-0.1, -0.05) is 94.3 Å². The maximum absolute atomic E-state index is 15.6. The maximum Gasteiger partial charge on any atom is 0.339 e. The quantitative estimate of drug-likeness (QED) is 0.202. The molecular weight excluding hydrogens is 683 g/mol. The second kappa shape index (κ2) is 17.0. The lowest BCUT2D eigenvalue weighted by molar-refractivity contribution is -0.105. The Bertz CT molecular complexity index is 1700. The minimum absolute atomic E-state index is 0.0175. The van der Waals surface area contributed by atoms with E-state index in [0.717, 1.165) is 13.0 Å². The van der Waals surface area contributed by atoms with Gasteiger partial charge in [-0.25, -0.2) is 13.6 Å². The topological polar surface area (TPSA) is 103 Å². The predicted molar refractivity (Wildman–Crippen MR) is 193 cm³/mol. The zero-order chi connectivity index (χ0) is 36.6. The minimum atomic E-state index is -1.29. The van der Waals surface area contributed by atoms with Crippen LogP contribution in [0, 0.1) is 34.3 Å². The van der Waals surface area contributed by atoms with E-state index in [-0.39, 0.29) is 38.4 Å². The molecule has 2 fully saturated rings. The molecule has 1 amide bonds. The fourth-order valence-electron chi connectivity index (χ4n) is 7.53. The van der Waals surface area contributed by atoms with Crippen molar-refractivity contribution < 1.29 is 28.2 Å². The highest BCUT2D eigenvalue weighted by Gasteiger charge is 2.58. The number of carboxylic acids is 1. The van der Waals surface area contributed by atoms with Gasteiger partial charge < -0.3 is 15.2 Å². The zero-order valence-corrected chi connectivity index (χ0v) is 30.5. The number of nitriles is 1. The molecule has 2 N–H and O–H groups in total. The molecular formula is C39H45Cl2F2N3O4. The monoisotopic (exact) mass is 727 g/mol. The number of benzene rings is 3. The van der Waals surface area contributed by atoms with Crippen LogP contribution in [-0.2, 0) is 10.2 Å². The number of anilines is 1. The van der Waals surface area contributed by atoms with Crippen molar-refractivity contribution in [2.24, 2.45) is 11.3 Å². The fourth-order valence-corrected chi connectivity index (χ4v) is 7.87.